The first-order valence-corrected chi connectivity index (χ1v) is 10.1. The van der Waals surface area contributed by atoms with Crippen LogP contribution in [0, 0.1) is 0 Å². The summed E-state index contributed by atoms with van der Waals surface area (Å²) in [5, 5.41) is 12.4. The zero-order valence-corrected chi connectivity index (χ0v) is 16.1. The summed E-state index contributed by atoms with van der Waals surface area (Å²) in [5.74, 6) is -1.29. The summed E-state index contributed by atoms with van der Waals surface area (Å²) in [6.45, 7) is 4.01. The van der Waals surface area contributed by atoms with Gasteiger partial charge in [0.25, 0.3) is 5.91 Å². The number of nitrogens with zero attached hydrogens (tertiary/aromatic N) is 3. The van der Waals surface area contributed by atoms with Crippen molar-refractivity contribution in [2.45, 2.75) is 6.04 Å². The number of aliphatic hydroxyl groups is 1. The van der Waals surface area contributed by atoms with Crippen LogP contribution >= 0.6 is 11.3 Å². The largest absolute Gasteiger partial charge is 0.503 e. The van der Waals surface area contributed by atoms with E-state index in [0.717, 1.165) is 13.1 Å². The molecule has 4 heterocycles. The maximum atomic E-state index is 13.1. The number of pyridine rings is 1. The van der Waals surface area contributed by atoms with Crippen molar-refractivity contribution >= 4 is 23.0 Å². The molecule has 1 saturated heterocycles. The van der Waals surface area contributed by atoms with Crippen LogP contribution < -0.4 is 0 Å². The number of Topliss-reactive ketones (excluding diaryl/α,β-unsaturated/α-hetero) is 1. The van der Waals surface area contributed by atoms with E-state index in [9.17, 15) is 14.7 Å². The van der Waals surface area contributed by atoms with Gasteiger partial charge < -0.3 is 14.7 Å². The molecule has 0 bridgehead atoms. The van der Waals surface area contributed by atoms with E-state index in [1.165, 1.54) is 11.3 Å². The average molecular weight is 399 g/mol. The van der Waals surface area contributed by atoms with Gasteiger partial charge in [0.1, 0.15) is 0 Å². The number of amides is 1. The molecule has 1 atom stereocenters. The lowest BCUT2D eigenvalue weighted by Crippen LogP contribution is -2.43. The summed E-state index contributed by atoms with van der Waals surface area (Å²) < 4.78 is 5.37. The Morgan fingerprint density at radius 3 is 2.75 bits per heavy atom. The van der Waals surface area contributed by atoms with Gasteiger partial charge in [-0.1, -0.05) is 12.1 Å². The van der Waals surface area contributed by atoms with Crippen molar-refractivity contribution in [3.63, 3.8) is 0 Å². The highest BCUT2D eigenvalue weighted by Crippen LogP contribution is 2.39. The van der Waals surface area contributed by atoms with Gasteiger partial charge in [0, 0.05) is 38.6 Å². The van der Waals surface area contributed by atoms with E-state index in [1.54, 1.807) is 40.9 Å². The number of aromatic nitrogens is 1. The Balaban J connectivity index is 1.64. The van der Waals surface area contributed by atoms with E-state index in [1.807, 2.05) is 6.07 Å². The standard InChI is InChI=1S/C20H21N3O4S/c24-18(15-4-2-12-28-15)16-17(14-3-1-5-21-13-14)23(20(26)19(16)25)7-6-22-8-10-27-11-9-22/h1-5,12-13,17,25H,6-11H2/t17-/m1/s1. The maximum Gasteiger partial charge on any atom is 0.290 e. The molecular formula is C20H21N3O4S. The van der Waals surface area contributed by atoms with Gasteiger partial charge in [0.05, 0.1) is 29.7 Å². The fourth-order valence-electron chi connectivity index (χ4n) is 3.61. The summed E-state index contributed by atoms with van der Waals surface area (Å²) in [5.41, 5.74) is 0.837. The molecule has 1 amide bonds. The molecule has 146 valence electrons. The molecule has 4 rings (SSSR count). The van der Waals surface area contributed by atoms with Crippen molar-refractivity contribution in [3.8, 4) is 0 Å². The highest BCUT2D eigenvalue weighted by atomic mass is 32.1. The quantitative estimate of drug-likeness (QED) is 0.749. The molecule has 0 radical (unpaired) electrons. The Bertz CT molecular complexity index is 876. The topological polar surface area (TPSA) is 83.0 Å². The summed E-state index contributed by atoms with van der Waals surface area (Å²) in [7, 11) is 0. The van der Waals surface area contributed by atoms with Crippen molar-refractivity contribution < 1.29 is 19.4 Å². The lowest BCUT2D eigenvalue weighted by molar-refractivity contribution is -0.129. The molecule has 1 N–H and O–H groups in total. The van der Waals surface area contributed by atoms with Gasteiger partial charge in [-0.25, -0.2) is 0 Å². The van der Waals surface area contributed by atoms with Gasteiger partial charge in [-0.05, 0) is 23.1 Å². The molecule has 2 aliphatic rings. The number of carbonyl (C=O) groups is 2. The maximum absolute atomic E-state index is 13.1. The van der Waals surface area contributed by atoms with Crippen molar-refractivity contribution in [2.75, 3.05) is 39.4 Å². The summed E-state index contributed by atoms with van der Waals surface area (Å²) in [6, 6.07) is 6.43. The number of carbonyl (C=O) groups excluding carboxylic acids is 2. The molecule has 0 aliphatic carbocycles. The zero-order valence-electron chi connectivity index (χ0n) is 15.3. The highest BCUT2D eigenvalue weighted by molar-refractivity contribution is 7.12. The predicted octanol–water partition coefficient (Wildman–Crippen LogP) is 2.05. The molecule has 2 aromatic heterocycles. The lowest BCUT2D eigenvalue weighted by atomic mass is 9.96. The number of ether oxygens (including phenoxy) is 1. The number of aliphatic hydroxyl groups excluding tert-OH is 1. The second-order valence-corrected chi connectivity index (χ2v) is 7.66. The van der Waals surface area contributed by atoms with Gasteiger partial charge in [0.2, 0.25) is 5.78 Å². The third-order valence-corrected chi connectivity index (χ3v) is 5.92. The van der Waals surface area contributed by atoms with E-state index in [-0.39, 0.29) is 11.4 Å². The zero-order chi connectivity index (χ0) is 19.5. The van der Waals surface area contributed by atoms with Gasteiger partial charge in [-0.15, -0.1) is 11.3 Å². The van der Waals surface area contributed by atoms with E-state index >= 15 is 0 Å². The number of rotatable bonds is 6. The SMILES string of the molecule is O=C(C1=C(O)C(=O)N(CCN2CCOCC2)[C@@H]1c1cccnc1)c1cccs1. The van der Waals surface area contributed by atoms with Crippen LogP contribution in [0.2, 0.25) is 0 Å². The normalized spacial score (nSPS) is 20.8. The molecule has 0 unspecified atom stereocenters. The van der Waals surface area contributed by atoms with Crippen LogP contribution in [0.1, 0.15) is 21.3 Å². The van der Waals surface area contributed by atoms with Crippen molar-refractivity contribution in [1.29, 1.82) is 0 Å². The van der Waals surface area contributed by atoms with Crippen molar-refractivity contribution in [1.82, 2.24) is 14.8 Å². The van der Waals surface area contributed by atoms with Crippen LogP contribution in [-0.4, -0.2) is 71.0 Å². The van der Waals surface area contributed by atoms with E-state index < -0.39 is 17.7 Å². The van der Waals surface area contributed by atoms with Crippen LogP contribution in [0.5, 0.6) is 0 Å². The number of hydrogen-bond donors (Lipinski definition) is 1. The molecule has 1 fully saturated rings. The van der Waals surface area contributed by atoms with E-state index in [2.05, 4.69) is 9.88 Å². The molecule has 2 aliphatic heterocycles. The van der Waals surface area contributed by atoms with Crippen molar-refractivity contribution in [2.24, 2.45) is 0 Å². The summed E-state index contributed by atoms with van der Waals surface area (Å²) >= 11 is 1.29. The van der Waals surface area contributed by atoms with Crippen LogP contribution in [0.25, 0.3) is 0 Å². The Labute approximate surface area is 166 Å². The summed E-state index contributed by atoms with van der Waals surface area (Å²) in [6.07, 6.45) is 3.28. The Morgan fingerprint density at radius 2 is 2.07 bits per heavy atom. The minimum atomic E-state index is -0.642. The molecule has 0 saturated carbocycles. The van der Waals surface area contributed by atoms with Crippen LogP contribution in [0.15, 0.2) is 53.4 Å². The third-order valence-electron chi connectivity index (χ3n) is 5.05. The fourth-order valence-corrected chi connectivity index (χ4v) is 4.29. The lowest BCUT2D eigenvalue weighted by Gasteiger charge is -2.31. The highest BCUT2D eigenvalue weighted by Gasteiger charge is 2.44. The monoisotopic (exact) mass is 399 g/mol. The van der Waals surface area contributed by atoms with Gasteiger partial charge >= 0.3 is 0 Å². The van der Waals surface area contributed by atoms with Crippen LogP contribution in [0.4, 0.5) is 0 Å². The fraction of sp³-hybridized carbons (Fsp3) is 0.350. The second-order valence-electron chi connectivity index (χ2n) is 6.71. The predicted molar refractivity (Wildman–Crippen MR) is 104 cm³/mol. The molecule has 28 heavy (non-hydrogen) atoms. The molecule has 0 spiro atoms. The first kappa shape index (κ1) is 18.8. The number of morpholine rings is 1. The number of ketones is 1. The molecule has 2 aromatic rings. The first-order valence-electron chi connectivity index (χ1n) is 9.19. The number of hydrogen-bond acceptors (Lipinski definition) is 7. The Morgan fingerprint density at radius 1 is 1.25 bits per heavy atom. The smallest absolute Gasteiger partial charge is 0.290 e. The van der Waals surface area contributed by atoms with Gasteiger partial charge in [0.15, 0.2) is 5.76 Å². The Kier molecular flexibility index (Phi) is 5.52. The van der Waals surface area contributed by atoms with Crippen LogP contribution in [0.3, 0.4) is 0 Å². The van der Waals surface area contributed by atoms with E-state index in [0.29, 0.717) is 36.7 Å². The van der Waals surface area contributed by atoms with Crippen LogP contribution in [-0.2, 0) is 9.53 Å². The molecule has 7 nitrogen and oxygen atoms in total. The third kappa shape index (κ3) is 3.58. The Hall–Kier alpha value is -2.55. The second kappa shape index (κ2) is 8.22. The van der Waals surface area contributed by atoms with E-state index in [4.69, 9.17) is 4.74 Å². The molecule has 0 aromatic carbocycles. The number of thiophene rings is 1. The summed E-state index contributed by atoms with van der Waals surface area (Å²) in [4.78, 5) is 34.3. The molecular weight excluding hydrogens is 378 g/mol. The first-order chi connectivity index (χ1) is 13.7. The average Bonchev–Trinajstić information content (AvgIpc) is 3.36. The van der Waals surface area contributed by atoms with Gasteiger partial charge in [-0.2, -0.15) is 0 Å². The minimum absolute atomic E-state index is 0.127. The van der Waals surface area contributed by atoms with Gasteiger partial charge in [-0.3, -0.25) is 19.5 Å². The van der Waals surface area contributed by atoms with Crippen molar-refractivity contribution in [3.05, 3.63) is 63.8 Å². The molecule has 8 heteroatoms. The minimum Gasteiger partial charge on any atom is -0.503 e.